The summed E-state index contributed by atoms with van der Waals surface area (Å²) in [5, 5.41) is -1.20. The molecule has 3 rings (SSSR count). The highest BCUT2D eigenvalue weighted by atomic mass is 32.2. The Hall–Kier alpha value is -2.80. The fraction of sp³-hybridized carbons (Fsp3) is 0.167. The molecule has 25 heavy (non-hydrogen) atoms. The van der Waals surface area contributed by atoms with Gasteiger partial charge in [-0.05, 0) is 43.0 Å². The summed E-state index contributed by atoms with van der Waals surface area (Å²) in [5.41, 5.74) is 7.55. The van der Waals surface area contributed by atoms with Crippen LogP contribution in [-0.4, -0.2) is 29.0 Å². The van der Waals surface area contributed by atoms with E-state index in [4.69, 9.17) is 5.73 Å². The lowest BCUT2D eigenvalue weighted by Gasteiger charge is -2.27. The molecule has 7 heteroatoms. The van der Waals surface area contributed by atoms with Gasteiger partial charge in [0.05, 0.1) is 12.2 Å². The second kappa shape index (κ2) is 6.98. The van der Waals surface area contributed by atoms with Crippen molar-refractivity contribution in [2.75, 3.05) is 16.3 Å². The summed E-state index contributed by atoms with van der Waals surface area (Å²) < 4.78 is 0. The molecule has 0 aromatic heterocycles. The van der Waals surface area contributed by atoms with E-state index < -0.39 is 11.3 Å². The summed E-state index contributed by atoms with van der Waals surface area (Å²) in [6.07, 6.45) is 0. The summed E-state index contributed by atoms with van der Waals surface area (Å²) in [7, 11) is 0. The molecule has 1 heterocycles. The minimum absolute atomic E-state index is 0.150. The molecule has 1 atom stereocenters. The SMILES string of the molecule is Cc1ccc(N2C(=O)S[C@H](N(CC(N)=O)c3ccccc3)C2=O)cc1. The first-order chi connectivity index (χ1) is 12.0. The third-order valence-corrected chi connectivity index (χ3v) is 4.88. The van der Waals surface area contributed by atoms with Crippen LogP contribution in [0.3, 0.4) is 0 Å². The first kappa shape index (κ1) is 17.0. The Balaban J connectivity index is 1.93. The number of benzene rings is 2. The maximum Gasteiger partial charge on any atom is 0.295 e. The molecule has 1 aliphatic heterocycles. The topological polar surface area (TPSA) is 83.7 Å². The molecule has 2 aromatic carbocycles. The number of amides is 3. The van der Waals surface area contributed by atoms with Crippen molar-refractivity contribution < 1.29 is 14.4 Å². The van der Waals surface area contributed by atoms with Gasteiger partial charge in [-0.3, -0.25) is 14.4 Å². The van der Waals surface area contributed by atoms with Crippen LogP contribution in [0.4, 0.5) is 16.2 Å². The molecular formula is C18H17N3O3S. The Morgan fingerprint density at radius 2 is 1.76 bits per heavy atom. The van der Waals surface area contributed by atoms with E-state index in [-0.39, 0.29) is 17.7 Å². The van der Waals surface area contributed by atoms with Crippen molar-refractivity contribution >= 4 is 40.2 Å². The van der Waals surface area contributed by atoms with Gasteiger partial charge in [0.2, 0.25) is 5.91 Å². The third-order valence-electron chi connectivity index (χ3n) is 3.82. The van der Waals surface area contributed by atoms with Crippen molar-refractivity contribution in [3.05, 3.63) is 60.2 Å². The number of para-hydroxylation sites is 1. The number of anilines is 2. The van der Waals surface area contributed by atoms with Gasteiger partial charge in [0.1, 0.15) is 0 Å². The van der Waals surface area contributed by atoms with Crippen LogP contribution in [0.5, 0.6) is 0 Å². The molecule has 1 saturated heterocycles. The van der Waals surface area contributed by atoms with Crippen molar-refractivity contribution in [3.63, 3.8) is 0 Å². The number of aryl methyl sites for hydroxylation is 1. The van der Waals surface area contributed by atoms with Crippen molar-refractivity contribution in [3.8, 4) is 0 Å². The average molecular weight is 355 g/mol. The van der Waals surface area contributed by atoms with E-state index in [2.05, 4.69) is 0 Å². The van der Waals surface area contributed by atoms with Gasteiger partial charge in [-0.1, -0.05) is 35.9 Å². The molecule has 128 valence electrons. The molecule has 0 radical (unpaired) electrons. The number of hydrogen-bond donors (Lipinski definition) is 1. The highest BCUT2D eigenvalue weighted by Gasteiger charge is 2.44. The van der Waals surface area contributed by atoms with Crippen LogP contribution in [0.15, 0.2) is 54.6 Å². The van der Waals surface area contributed by atoms with E-state index in [1.807, 2.05) is 25.1 Å². The molecule has 2 aromatic rings. The van der Waals surface area contributed by atoms with Gasteiger partial charge in [0, 0.05) is 5.69 Å². The van der Waals surface area contributed by atoms with Crippen molar-refractivity contribution in [2.45, 2.75) is 12.3 Å². The van der Waals surface area contributed by atoms with Crippen LogP contribution >= 0.6 is 11.8 Å². The lowest BCUT2D eigenvalue weighted by atomic mass is 10.2. The zero-order valence-corrected chi connectivity index (χ0v) is 14.4. The molecule has 0 aliphatic carbocycles. The summed E-state index contributed by atoms with van der Waals surface area (Å²) in [5.74, 6) is -0.956. The predicted octanol–water partition coefficient (Wildman–Crippen LogP) is 2.51. The Bertz CT molecular complexity index is 808. The first-order valence-electron chi connectivity index (χ1n) is 7.68. The number of thioether (sulfide) groups is 1. The molecule has 6 nitrogen and oxygen atoms in total. The van der Waals surface area contributed by atoms with E-state index >= 15 is 0 Å². The predicted molar refractivity (Wildman–Crippen MR) is 98.4 cm³/mol. The van der Waals surface area contributed by atoms with Gasteiger partial charge < -0.3 is 10.6 Å². The van der Waals surface area contributed by atoms with Crippen LogP contribution in [0.25, 0.3) is 0 Å². The normalized spacial score (nSPS) is 17.0. The maximum atomic E-state index is 12.9. The third kappa shape index (κ3) is 3.51. The number of primary amides is 1. The Labute approximate surface area is 149 Å². The minimum Gasteiger partial charge on any atom is -0.368 e. The lowest BCUT2D eigenvalue weighted by Crippen LogP contribution is -2.45. The van der Waals surface area contributed by atoms with Gasteiger partial charge in [0.15, 0.2) is 5.37 Å². The zero-order valence-electron chi connectivity index (χ0n) is 13.6. The van der Waals surface area contributed by atoms with Crippen LogP contribution in [-0.2, 0) is 9.59 Å². The lowest BCUT2D eigenvalue weighted by molar-refractivity contribution is -0.117. The van der Waals surface area contributed by atoms with Gasteiger partial charge in [-0.15, -0.1) is 0 Å². The van der Waals surface area contributed by atoms with E-state index in [1.165, 1.54) is 0 Å². The smallest absolute Gasteiger partial charge is 0.295 e. The zero-order chi connectivity index (χ0) is 18.0. The number of nitrogens with zero attached hydrogens (tertiary/aromatic N) is 2. The largest absolute Gasteiger partial charge is 0.368 e. The molecule has 1 fully saturated rings. The minimum atomic E-state index is -0.830. The summed E-state index contributed by atoms with van der Waals surface area (Å²) in [4.78, 5) is 39.5. The number of carbonyl (C=O) groups is 3. The molecular weight excluding hydrogens is 338 g/mol. The van der Waals surface area contributed by atoms with Crippen LogP contribution in [0.2, 0.25) is 0 Å². The highest BCUT2D eigenvalue weighted by Crippen LogP contribution is 2.35. The number of hydrogen-bond acceptors (Lipinski definition) is 5. The van der Waals surface area contributed by atoms with Gasteiger partial charge in [0.25, 0.3) is 11.1 Å². The van der Waals surface area contributed by atoms with Crippen LogP contribution in [0, 0.1) is 6.92 Å². The Morgan fingerprint density at radius 3 is 2.36 bits per heavy atom. The average Bonchev–Trinajstić information content (AvgIpc) is 2.89. The van der Waals surface area contributed by atoms with E-state index in [0.29, 0.717) is 11.4 Å². The molecule has 3 amide bonds. The quantitative estimate of drug-likeness (QED) is 0.891. The molecule has 0 saturated carbocycles. The second-order valence-corrected chi connectivity index (χ2v) is 6.71. The van der Waals surface area contributed by atoms with Gasteiger partial charge in [-0.25, -0.2) is 4.90 Å². The van der Waals surface area contributed by atoms with E-state index in [0.717, 1.165) is 22.2 Å². The summed E-state index contributed by atoms with van der Waals surface area (Å²) in [6.45, 7) is 1.78. The molecule has 0 spiro atoms. The van der Waals surface area contributed by atoms with Crippen molar-refractivity contribution in [2.24, 2.45) is 5.73 Å². The van der Waals surface area contributed by atoms with Gasteiger partial charge >= 0.3 is 0 Å². The molecule has 0 unspecified atom stereocenters. The van der Waals surface area contributed by atoms with Crippen LogP contribution < -0.4 is 15.5 Å². The second-order valence-electron chi connectivity index (χ2n) is 5.68. The fourth-order valence-electron chi connectivity index (χ4n) is 2.62. The molecule has 1 aliphatic rings. The monoisotopic (exact) mass is 355 g/mol. The van der Waals surface area contributed by atoms with Crippen molar-refractivity contribution in [1.82, 2.24) is 0 Å². The standard InChI is InChI=1S/C18H17N3O3S/c1-12-7-9-14(10-8-12)21-16(23)17(25-18(21)24)20(11-15(19)22)13-5-3-2-4-6-13/h2-10,17H,11H2,1H3,(H2,19,22)/t17-/m0/s1. The number of carbonyl (C=O) groups excluding carboxylic acids is 3. The highest BCUT2D eigenvalue weighted by molar-refractivity contribution is 8.16. The number of nitrogens with two attached hydrogens (primary N) is 1. The maximum absolute atomic E-state index is 12.9. The van der Waals surface area contributed by atoms with Crippen molar-refractivity contribution in [1.29, 1.82) is 0 Å². The molecule has 0 bridgehead atoms. The van der Waals surface area contributed by atoms with Gasteiger partial charge in [-0.2, -0.15) is 0 Å². The first-order valence-corrected chi connectivity index (χ1v) is 8.56. The fourth-order valence-corrected chi connectivity index (χ4v) is 3.64. The Kier molecular flexibility index (Phi) is 4.76. The number of imide groups is 1. The van der Waals surface area contributed by atoms with Crippen LogP contribution in [0.1, 0.15) is 5.56 Å². The van der Waals surface area contributed by atoms with E-state index in [9.17, 15) is 14.4 Å². The summed E-state index contributed by atoms with van der Waals surface area (Å²) in [6, 6.07) is 16.1. The number of rotatable bonds is 5. The Morgan fingerprint density at radius 1 is 1.12 bits per heavy atom. The van der Waals surface area contributed by atoms with E-state index in [1.54, 1.807) is 41.3 Å². The molecule has 2 N–H and O–H groups in total. The summed E-state index contributed by atoms with van der Waals surface area (Å²) >= 11 is 0.881.